The number of nitrogens with two attached hydrogens (primary N) is 1. The highest BCUT2D eigenvalue weighted by atomic mass is 32.2. The van der Waals surface area contributed by atoms with Crippen molar-refractivity contribution >= 4 is 23.3 Å². The van der Waals surface area contributed by atoms with Crippen LogP contribution in [0.3, 0.4) is 0 Å². The van der Waals surface area contributed by atoms with Gasteiger partial charge in [-0.2, -0.15) is 17.4 Å². The highest BCUT2D eigenvalue weighted by molar-refractivity contribution is 7.87. The summed E-state index contributed by atoms with van der Waals surface area (Å²) in [6.07, 6.45) is 0.726. The molecule has 7 N–H and O–H groups in total. The van der Waals surface area contributed by atoms with Gasteiger partial charge in [0, 0.05) is 32.1 Å². The van der Waals surface area contributed by atoms with Crippen molar-refractivity contribution in [2.75, 3.05) is 26.2 Å². The third-order valence-electron chi connectivity index (χ3n) is 4.75. The van der Waals surface area contributed by atoms with Gasteiger partial charge in [-0.05, 0) is 19.7 Å². The lowest BCUT2D eigenvalue weighted by Crippen LogP contribution is -2.68. The number of nitrogens with zero attached hydrogens (tertiary/aromatic N) is 1. The summed E-state index contributed by atoms with van der Waals surface area (Å²) in [5.74, 6) is -1.86. The lowest BCUT2D eigenvalue weighted by atomic mass is 9.78. The maximum Gasteiger partial charge on any atom is 0.451 e. The molecule has 2 aliphatic heterocycles. The predicted molar refractivity (Wildman–Crippen MR) is 87.2 cm³/mol. The first-order chi connectivity index (χ1) is 11.0. The van der Waals surface area contributed by atoms with Gasteiger partial charge in [-0.1, -0.05) is 6.42 Å². The van der Waals surface area contributed by atoms with E-state index in [0.717, 1.165) is 4.31 Å². The Morgan fingerprint density at radius 1 is 1.46 bits per heavy atom. The van der Waals surface area contributed by atoms with Gasteiger partial charge in [0.15, 0.2) is 0 Å². The van der Waals surface area contributed by atoms with Crippen LogP contribution in [0.1, 0.15) is 19.8 Å². The second-order valence-corrected chi connectivity index (χ2v) is 8.69. The third kappa shape index (κ3) is 4.07. The molecule has 0 amide bonds. The van der Waals surface area contributed by atoms with Crippen LogP contribution in [0, 0.1) is 5.92 Å². The number of nitrogens with one attached hydrogen (secondary N) is 2. The summed E-state index contributed by atoms with van der Waals surface area (Å²) in [5.41, 5.74) is 3.72. The molecule has 0 bridgehead atoms. The fourth-order valence-electron chi connectivity index (χ4n) is 3.16. The first-order valence-electron chi connectivity index (χ1n) is 7.87. The molecular weight excluding hydrogens is 339 g/mol. The second kappa shape index (κ2) is 6.86. The Bertz CT molecular complexity index is 584. The molecule has 0 aromatic carbocycles. The summed E-state index contributed by atoms with van der Waals surface area (Å²) in [6.45, 7) is 2.45. The highest BCUT2D eigenvalue weighted by Crippen LogP contribution is 2.32. The van der Waals surface area contributed by atoms with Crippen LogP contribution in [0.15, 0.2) is 0 Å². The first kappa shape index (κ1) is 19.6. The molecule has 2 rings (SSSR count). The number of rotatable bonds is 8. The molecule has 0 unspecified atom stereocenters. The molecule has 0 aliphatic carbocycles. The van der Waals surface area contributed by atoms with E-state index in [1.165, 1.54) is 0 Å². The van der Waals surface area contributed by atoms with Gasteiger partial charge in [-0.15, -0.1) is 0 Å². The molecule has 2 saturated heterocycles. The minimum absolute atomic E-state index is 0.0107. The zero-order valence-corrected chi connectivity index (χ0v) is 14.4. The molecule has 12 heteroatoms. The summed E-state index contributed by atoms with van der Waals surface area (Å²) in [6, 6.07) is 0. The van der Waals surface area contributed by atoms with Crippen LogP contribution >= 0.6 is 0 Å². The molecule has 0 aromatic rings. The molecule has 2 fully saturated rings. The first-order valence-corrected chi connectivity index (χ1v) is 9.31. The molecule has 24 heavy (non-hydrogen) atoms. The fraction of sp³-hybridized carbons (Fsp3) is 0.917. The van der Waals surface area contributed by atoms with Crippen molar-refractivity contribution in [3.8, 4) is 0 Å². The molecule has 2 aliphatic rings. The van der Waals surface area contributed by atoms with Crippen LogP contribution in [0.4, 0.5) is 0 Å². The summed E-state index contributed by atoms with van der Waals surface area (Å²) in [7, 11) is -5.33. The number of aliphatic carboxylic acids is 1. The van der Waals surface area contributed by atoms with Gasteiger partial charge in [0.1, 0.15) is 5.54 Å². The third-order valence-corrected chi connectivity index (χ3v) is 6.46. The Morgan fingerprint density at radius 2 is 2.08 bits per heavy atom. The largest absolute Gasteiger partial charge is 0.480 e. The average Bonchev–Trinajstić information content (AvgIpc) is 2.76. The second-order valence-electron chi connectivity index (χ2n) is 7.02. The van der Waals surface area contributed by atoms with Crippen LogP contribution in [-0.2, 0) is 15.0 Å². The Hall–Kier alpha value is -0.755. The van der Waals surface area contributed by atoms with Crippen molar-refractivity contribution in [3.63, 3.8) is 0 Å². The van der Waals surface area contributed by atoms with E-state index >= 15 is 0 Å². The minimum atomic E-state index is -3.86. The standard InChI is InChI=1S/C12H25BN4O6S/c1-11(6-15-7-11)16-24(22,23)17-5-9(3-2-4-13(20)21)12(14,8-17)10(18)19/h9,15-16,20-21H,2-8,14H2,1H3,(H,18,19)/t9-,12-/m0/s1. The molecule has 0 radical (unpaired) electrons. The van der Waals surface area contributed by atoms with Crippen LogP contribution in [-0.4, -0.2) is 78.2 Å². The zero-order valence-electron chi connectivity index (χ0n) is 13.6. The van der Waals surface area contributed by atoms with Crippen molar-refractivity contribution in [2.24, 2.45) is 11.7 Å². The minimum Gasteiger partial charge on any atom is -0.480 e. The van der Waals surface area contributed by atoms with Crippen LogP contribution in [0.2, 0.25) is 6.32 Å². The molecule has 2 atom stereocenters. The number of carboxylic acid groups (broad SMARTS) is 1. The van der Waals surface area contributed by atoms with Gasteiger partial charge < -0.3 is 26.2 Å². The van der Waals surface area contributed by atoms with E-state index in [0.29, 0.717) is 25.9 Å². The SMILES string of the molecule is CC1(NS(=O)(=O)N2C[C@H](CCCB(O)O)[C@](N)(C(=O)O)C2)CNC1. The Kier molecular flexibility index (Phi) is 5.60. The van der Waals surface area contributed by atoms with Gasteiger partial charge in [0.05, 0.1) is 5.54 Å². The Balaban J connectivity index is 2.08. The monoisotopic (exact) mass is 364 g/mol. The zero-order chi connectivity index (χ0) is 18.2. The normalized spacial score (nSPS) is 30.1. The van der Waals surface area contributed by atoms with Crippen LogP contribution in [0.5, 0.6) is 0 Å². The smallest absolute Gasteiger partial charge is 0.451 e. The maximum absolute atomic E-state index is 12.5. The van der Waals surface area contributed by atoms with Gasteiger partial charge in [-0.25, -0.2) is 0 Å². The van der Waals surface area contributed by atoms with Gasteiger partial charge in [0.25, 0.3) is 10.2 Å². The lowest BCUT2D eigenvalue weighted by Gasteiger charge is -2.40. The van der Waals surface area contributed by atoms with Gasteiger partial charge in [0.2, 0.25) is 0 Å². The number of carboxylic acids is 1. The van der Waals surface area contributed by atoms with Crippen molar-refractivity contribution in [1.29, 1.82) is 0 Å². The topological polar surface area (TPSA) is 165 Å². The molecule has 0 spiro atoms. The van der Waals surface area contributed by atoms with E-state index in [-0.39, 0.29) is 19.4 Å². The predicted octanol–water partition coefficient (Wildman–Crippen LogP) is -2.85. The summed E-state index contributed by atoms with van der Waals surface area (Å²) in [5, 5.41) is 30.2. The summed E-state index contributed by atoms with van der Waals surface area (Å²) in [4.78, 5) is 11.6. The molecule has 2 heterocycles. The molecular formula is C12H25BN4O6S. The number of carbonyl (C=O) groups is 1. The van der Waals surface area contributed by atoms with Crippen LogP contribution in [0.25, 0.3) is 0 Å². The summed E-state index contributed by atoms with van der Waals surface area (Å²) < 4.78 is 28.7. The van der Waals surface area contributed by atoms with E-state index in [2.05, 4.69) is 10.0 Å². The van der Waals surface area contributed by atoms with E-state index in [1.54, 1.807) is 6.92 Å². The Morgan fingerprint density at radius 3 is 2.54 bits per heavy atom. The van der Waals surface area contributed by atoms with Gasteiger partial charge >= 0.3 is 13.1 Å². The summed E-state index contributed by atoms with van der Waals surface area (Å²) >= 11 is 0. The molecule has 0 saturated carbocycles. The van der Waals surface area contributed by atoms with Crippen LogP contribution < -0.4 is 15.8 Å². The Labute approximate surface area is 141 Å². The van der Waals surface area contributed by atoms with E-state index < -0.39 is 40.3 Å². The van der Waals surface area contributed by atoms with Crippen molar-refractivity contribution in [2.45, 2.75) is 37.2 Å². The van der Waals surface area contributed by atoms with E-state index in [1.807, 2.05) is 0 Å². The number of hydrogen-bond donors (Lipinski definition) is 6. The maximum atomic E-state index is 12.5. The van der Waals surface area contributed by atoms with E-state index in [9.17, 15) is 18.3 Å². The lowest BCUT2D eigenvalue weighted by molar-refractivity contribution is -0.144. The van der Waals surface area contributed by atoms with E-state index in [4.69, 9.17) is 15.8 Å². The molecule has 138 valence electrons. The van der Waals surface area contributed by atoms with Crippen molar-refractivity contribution in [1.82, 2.24) is 14.3 Å². The van der Waals surface area contributed by atoms with Crippen molar-refractivity contribution in [3.05, 3.63) is 0 Å². The fourth-order valence-corrected chi connectivity index (χ4v) is 4.82. The number of hydrogen-bond acceptors (Lipinski definition) is 7. The highest BCUT2D eigenvalue weighted by Gasteiger charge is 2.53. The quantitative estimate of drug-likeness (QED) is 0.250. The molecule has 10 nitrogen and oxygen atoms in total. The van der Waals surface area contributed by atoms with Crippen molar-refractivity contribution < 1.29 is 28.4 Å². The van der Waals surface area contributed by atoms with Gasteiger partial charge in [-0.3, -0.25) is 4.79 Å². The molecule has 0 aromatic heterocycles. The average molecular weight is 364 g/mol.